The second-order valence-electron chi connectivity index (χ2n) is 6.13. The zero-order valence-electron chi connectivity index (χ0n) is 16.6. The zero-order chi connectivity index (χ0) is 22.4. The maximum Gasteiger partial charge on any atom is 0.344 e. The van der Waals surface area contributed by atoms with Crippen LogP contribution in [0.1, 0.15) is 31.8 Å². The molecule has 0 aliphatic carbocycles. The Hall–Kier alpha value is -2.46. The zero-order valence-corrected chi connectivity index (χ0v) is 17.5. The summed E-state index contributed by atoms with van der Waals surface area (Å²) in [6.07, 6.45) is 2.50. The summed E-state index contributed by atoms with van der Waals surface area (Å²) in [7, 11) is 2.87. The van der Waals surface area contributed by atoms with Gasteiger partial charge in [-0.3, -0.25) is 4.55 Å². The molecule has 152 valence electrons. The Labute approximate surface area is 172 Å². The summed E-state index contributed by atoms with van der Waals surface area (Å²) in [5.74, 6) is -3.96. The van der Waals surface area contributed by atoms with Gasteiger partial charge in [0.05, 0.1) is 17.2 Å². The van der Waals surface area contributed by atoms with Crippen LogP contribution in [0.2, 0.25) is 0 Å². The van der Waals surface area contributed by atoms with Gasteiger partial charge in [-0.1, -0.05) is 29.1 Å². The van der Waals surface area contributed by atoms with Crippen molar-refractivity contribution >= 4 is 70.3 Å². The van der Waals surface area contributed by atoms with Crippen LogP contribution in [0.15, 0.2) is 12.3 Å². The smallest absolute Gasteiger partial charge is 0.344 e. The van der Waals surface area contributed by atoms with Crippen LogP contribution in [0.5, 0.6) is 0 Å². The molecular formula is C15H20B4O9S. The van der Waals surface area contributed by atoms with Gasteiger partial charge >= 0.3 is 17.9 Å². The molecule has 9 nitrogen and oxygen atoms in total. The molecule has 0 amide bonds. The molecule has 14 heteroatoms. The van der Waals surface area contributed by atoms with Gasteiger partial charge in [0, 0.05) is 0 Å². The molecule has 0 aliphatic rings. The minimum Gasteiger partial charge on any atom is -0.478 e. The first-order valence-electron chi connectivity index (χ1n) is 8.82. The van der Waals surface area contributed by atoms with E-state index in [0.717, 1.165) is 23.4 Å². The minimum absolute atomic E-state index is 0.0726. The number of aromatic carboxylic acids is 1. The van der Waals surface area contributed by atoms with Crippen molar-refractivity contribution in [2.75, 3.05) is 12.4 Å². The van der Waals surface area contributed by atoms with Crippen molar-refractivity contribution in [2.45, 2.75) is 12.6 Å². The van der Waals surface area contributed by atoms with Gasteiger partial charge in [-0.05, 0) is 5.56 Å². The molecule has 29 heavy (non-hydrogen) atoms. The van der Waals surface area contributed by atoms with E-state index in [1.807, 2.05) is 15.7 Å². The molecule has 0 aliphatic heterocycles. The lowest BCUT2D eigenvalue weighted by Gasteiger charge is -2.20. The molecular weight excluding hydrogens is 399 g/mol. The first-order valence-corrected chi connectivity index (χ1v) is 10.4. The Bertz CT molecular complexity index is 957. The van der Waals surface area contributed by atoms with Gasteiger partial charge in [-0.15, -0.1) is 0 Å². The van der Waals surface area contributed by atoms with E-state index in [4.69, 9.17) is 9.29 Å². The maximum absolute atomic E-state index is 12.6. The number of esters is 2. The Kier molecular flexibility index (Phi) is 8.78. The van der Waals surface area contributed by atoms with Crippen molar-refractivity contribution in [1.29, 1.82) is 0 Å². The van der Waals surface area contributed by atoms with Crippen molar-refractivity contribution in [3.05, 3.63) is 34.6 Å². The third-order valence-corrected chi connectivity index (χ3v) is 5.06. The van der Waals surface area contributed by atoms with Crippen molar-refractivity contribution in [3.8, 4) is 0 Å². The monoisotopic (exact) mass is 420 g/mol. The number of carboxylic acid groups (broad SMARTS) is 1. The van der Waals surface area contributed by atoms with Crippen LogP contribution in [0, 0.1) is 0 Å². The minimum atomic E-state index is -4.27. The lowest BCUT2D eigenvalue weighted by molar-refractivity contribution is -0.137. The predicted molar refractivity (Wildman–Crippen MR) is 116 cm³/mol. The molecule has 0 saturated heterocycles. The van der Waals surface area contributed by atoms with Gasteiger partial charge in [0.25, 0.3) is 10.1 Å². The molecule has 0 radical (unpaired) electrons. The highest BCUT2D eigenvalue weighted by atomic mass is 32.2. The molecule has 0 heterocycles. The summed E-state index contributed by atoms with van der Waals surface area (Å²) in [5.41, 5.74) is 2.50. The Morgan fingerprint density at radius 1 is 1.00 bits per heavy atom. The van der Waals surface area contributed by atoms with Crippen LogP contribution >= 0.6 is 0 Å². The fourth-order valence-electron chi connectivity index (χ4n) is 3.11. The molecule has 1 aromatic rings. The van der Waals surface area contributed by atoms with E-state index < -0.39 is 40.4 Å². The second kappa shape index (κ2) is 10.4. The highest BCUT2D eigenvalue weighted by molar-refractivity contribution is 7.85. The first kappa shape index (κ1) is 24.6. The topological polar surface area (TPSA) is 144 Å². The van der Waals surface area contributed by atoms with Crippen LogP contribution in [0.4, 0.5) is 0 Å². The fraction of sp³-hybridized carbons (Fsp3) is 0.267. The third-order valence-electron chi connectivity index (χ3n) is 4.37. The molecule has 0 aromatic heterocycles. The van der Waals surface area contributed by atoms with Gasteiger partial charge in [0.15, 0.2) is 0 Å². The maximum atomic E-state index is 12.6. The number of carbonyl (C=O) groups is 3. The van der Waals surface area contributed by atoms with E-state index in [1.165, 1.54) is 0 Å². The van der Waals surface area contributed by atoms with Crippen LogP contribution in [-0.2, 0) is 37.0 Å². The standard InChI is InChI=1S/C15H20B4O9S/c16-5-7-10(11(14(21)22)13(19)8(6-17)12(7)18)15(23)28-2-1-9(20)27-3-4-29(24,25)26/h1-2H,3-6,16-19H2,(H,21,22)(H,24,25,26)/b2-1+. The van der Waals surface area contributed by atoms with Gasteiger partial charge < -0.3 is 14.6 Å². The van der Waals surface area contributed by atoms with Crippen LogP contribution in [-0.4, -0.2) is 79.7 Å². The normalized spacial score (nSPS) is 11.3. The molecule has 2 N–H and O–H groups in total. The summed E-state index contributed by atoms with van der Waals surface area (Å²) in [6, 6.07) is 0. The number of carboxylic acids is 1. The lowest BCUT2D eigenvalue weighted by Crippen LogP contribution is -2.35. The lowest BCUT2D eigenvalue weighted by atomic mass is 9.68. The van der Waals surface area contributed by atoms with E-state index in [1.54, 1.807) is 15.7 Å². The van der Waals surface area contributed by atoms with Gasteiger partial charge in [-0.2, -0.15) is 8.42 Å². The van der Waals surface area contributed by atoms with E-state index >= 15 is 0 Å². The molecule has 0 saturated carbocycles. The SMILES string of the molecule is BCc1c(B)c(CB)c(C(=O)O/C=C/C(=O)OCCS(=O)(=O)O)c(C(=O)O)c1B. The summed E-state index contributed by atoms with van der Waals surface area (Å²) >= 11 is 0. The molecule has 0 fully saturated rings. The number of carbonyl (C=O) groups excluding carboxylic acids is 2. The van der Waals surface area contributed by atoms with E-state index in [0.29, 0.717) is 23.7 Å². The molecule has 1 aromatic carbocycles. The number of hydrogen-bond donors (Lipinski definition) is 2. The van der Waals surface area contributed by atoms with Crippen molar-refractivity contribution in [3.63, 3.8) is 0 Å². The average Bonchev–Trinajstić information content (AvgIpc) is 2.60. The summed E-state index contributed by atoms with van der Waals surface area (Å²) in [4.78, 5) is 35.9. The largest absolute Gasteiger partial charge is 0.478 e. The highest BCUT2D eigenvalue weighted by Gasteiger charge is 2.26. The van der Waals surface area contributed by atoms with Gasteiger partial charge in [0.2, 0.25) is 0 Å². The Morgan fingerprint density at radius 3 is 2.07 bits per heavy atom. The second-order valence-corrected chi connectivity index (χ2v) is 7.70. The van der Waals surface area contributed by atoms with E-state index in [9.17, 15) is 27.9 Å². The molecule has 0 bridgehead atoms. The molecule has 0 atom stereocenters. The quantitative estimate of drug-likeness (QED) is 0.132. The Morgan fingerprint density at radius 2 is 1.59 bits per heavy atom. The van der Waals surface area contributed by atoms with Crippen LogP contribution in [0.3, 0.4) is 0 Å². The first-order chi connectivity index (χ1) is 13.4. The van der Waals surface area contributed by atoms with Crippen molar-refractivity contribution in [1.82, 2.24) is 0 Å². The molecule has 1 rings (SSSR count). The summed E-state index contributed by atoms with van der Waals surface area (Å²) in [6.45, 7) is -0.573. The highest BCUT2D eigenvalue weighted by Crippen LogP contribution is 2.16. The Balaban J connectivity index is 3.10. The number of benzene rings is 1. The predicted octanol–water partition coefficient (Wildman–Crippen LogP) is -4.73. The number of hydrogen-bond acceptors (Lipinski definition) is 7. The fourth-order valence-corrected chi connectivity index (χ4v) is 3.40. The van der Waals surface area contributed by atoms with Crippen LogP contribution < -0.4 is 10.9 Å². The number of ether oxygens (including phenoxy) is 2. The number of rotatable bonds is 9. The summed E-state index contributed by atoms with van der Waals surface area (Å²) in [5, 5.41) is 9.63. The van der Waals surface area contributed by atoms with Crippen LogP contribution in [0.25, 0.3) is 0 Å². The molecule has 0 spiro atoms. The van der Waals surface area contributed by atoms with Gasteiger partial charge in [-0.25, -0.2) is 14.4 Å². The average molecular weight is 420 g/mol. The van der Waals surface area contributed by atoms with Crippen molar-refractivity contribution < 1.29 is 41.9 Å². The van der Waals surface area contributed by atoms with E-state index in [-0.39, 0.29) is 11.1 Å². The third kappa shape index (κ3) is 6.53. The van der Waals surface area contributed by atoms with Crippen molar-refractivity contribution in [2.24, 2.45) is 0 Å². The van der Waals surface area contributed by atoms with Gasteiger partial charge in [0.1, 0.15) is 50.0 Å². The summed E-state index contributed by atoms with van der Waals surface area (Å²) < 4.78 is 39.1. The molecule has 0 unspecified atom stereocenters. The van der Waals surface area contributed by atoms with E-state index in [2.05, 4.69) is 4.74 Å².